The molecule has 3 aromatic rings. The highest BCUT2D eigenvalue weighted by molar-refractivity contribution is 7.10. The predicted molar refractivity (Wildman–Crippen MR) is 99.6 cm³/mol. The Morgan fingerprint density at radius 1 is 1.00 bits per heavy atom. The van der Waals surface area contributed by atoms with Crippen molar-refractivity contribution in [1.82, 2.24) is 4.90 Å². The molecule has 3 rings (SSSR count). The number of carbonyl (C=O) groups is 1. The molecule has 5 heteroatoms. The second-order valence-corrected chi connectivity index (χ2v) is 7.50. The summed E-state index contributed by atoms with van der Waals surface area (Å²) in [5.74, 6) is 0.911. The Kier molecular flexibility index (Phi) is 5.67. The van der Waals surface area contributed by atoms with Gasteiger partial charge in [-0.25, -0.2) is 0 Å². The van der Waals surface area contributed by atoms with Gasteiger partial charge in [-0.1, -0.05) is 24.3 Å². The summed E-state index contributed by atoms with van der Waals surface area (Å²) in [6.45, 7) is 1.30. The Morgan fingerprint density at radius 2 is 1.67 bits per heavy atom. The van der Waals surface area contributed by atoms with Crippen molar-refractivity contribution in [2.75, 3.05) is 7.11 Å². The fourth-order valence-corrected chi connectivity index (χ4v) is 3.92. The molecule has 0 aliphatic rings. The average molecular weight is 358 g/mol. The van der Waals surface area contributed by atoms with E-state index < -0.39 is 0 Å². The molecule has 0 bridgehead atoms. The van der Waals surface area contributed by atoms with E-state index in [0.29, 0.717) is 19.5 Å². The summed E-state index contributed by atoms with van der Waals surface area (Å²) in [5.41, 5.74) is 0.974. The van der Waals surface area contributed by atoms with Crippen LogP contribution in [0.5, 0.6) is 5.75 Å². The van der Waals surface area contributed by atoms with Crippen molar-refractivity contribution in [2.45, 2.75) is 19.5 Å². The van der Waals surface area contributed by atoms with E-state index in [1.807, 2.05) is 52.1 Å². The van der Waals surface area contributed by atoms with Gasteiger partial charge >= 0.3 is 0 Å². The van der Waals surface area contributed by atoms with Crippen LogP contribution >= 0.6 is 22.7 Å². The number of ether oxygens (including phenoxy) is 1. The number of benzene rings is 1. The van der Waals surface area contributed by atoms with E-state index in [2.05, 4.69) is 12.1 Å². The number of hydrogen-bond donors (Lipinski definition) is 0. The number of hydrogen-bond acceptors (Lipinski definition) is 4. The summed E-state index contributed by atoms with van der Waals surface area (Å²) in [6, 6.07) is 15.9. The fraction of sp³-hybridized carbons (Fsp3) is 0.211. The van der Waals surface area contributed by atoms with Crippen LogP contribution in [0.2, 0.25) is 0 Å². The molecular formula is C19H19NO2S2. The zero-order valence-electron chi connectivity index (χ0n) is 13.5. The highest BCUT2D eigenvalue weighted by Gasteiger charge is 2.16. The monoisotopic (exact) mass is 357 g/mol. The molecule has 2 aromatic heterocycles. The van der Waals surface area contributed by atoms with E-state index in [1.165, 1.54) is 9.75 Å². The lowest BCUT2D eigenvalue weighted by Crippen LogP contribution is -2.30. The van der Waals surface area contributed by atoms with Gasteiger partial charge in [0.15, 0.2) is 0 Å². The zero-order valence-corrected chi connectivity index (χ0v) is 15.1. The summed E-state index contributed by atoms with van der Waals surface area (Å²) in [4.78, 5) is 17.2. The minimum atomic E-state index is 0.130. The molecule has 0 aliphatic carbocycles. The number of carbonyl (C=O) groups excluding carboxylic acids is 1. The van der Waals surface area contributed by atoms with E-state index in [1.54, 1.807) is 29.8 Å². The minimum Gasteiger partial charge on any atom is -0.497 e. The summed E-state index contributed by atoms with van der Waals surface area (Å²) in [5, 5.41) is 4.09. The topological polar surface area (TPSA) is 29.5 Å². The molecule has 0 fully saturated rings. The molecule has 24 heavy (non-hydrogen) atoms. The van der Waals surface area contributed by atoms with Crippen molar-refractivity contribution >= 4 is 28.6 Å². The lowest BCUT2D eigenvalue weighted by atomic mass is 10.1. The Morgan fingerprint density at radius 3 is 2.21 bits per heavy atom. The molecule has 3 nitrogen and oxygen atoms in total. The van der Waals surface area contributed by atoms with Crippen LogP contribution in [0.15, 0.2) is 59.3 Å². The molecule has 124 valence electrons. The van der Waals surface area contributed by atoms with Crippen LogP contribution in [0.1, 0.15) is 15.3 Å². The molecule has 0 aliphatic heterocycles. The maximum Gasteiger partial charge on any atom is 0.227 e. The lowest BCUT2D eigenvalue weighted by molar-refractivity contribution is -0.131. The number of methoxy groups -OCH3 is 1. The van der Waals surface area contributed by atoms with Crippen molar-refractivity contribution in [3.8, 4) is 5.75 Å². The first-order valence-electron chi connectivity index (χ1n) is 7.70. The average Bonchev–Trinajstić information content (AvgIpc) is 3.28. The van der Waals surface area contributed by atoms with E-state index in [9.17, 15) is 4.79 Å². The standard InChI is InChI=1S/C19H19NO2S2/c1-22-16-6-2-5-15(11-16)12-19(21)20(13-17-7-3-9-23-17)14-18-8-4-10-24-18/h2-11H,12-14H2,1H3. The quantitative estimate of drug-likeness (QED) is 0.619. The summed E-state index contributed by atoms with van der Waals surface area (Å²) >= 11 is 3.37. The summed E-state index contributed by atoms with van der Waals surface area (Å²) in [6.07, 6.45) is 0.383. The molecule has 0 atom stereocenters. The van der Waals surface area contributed by atoms with Gasteiger partial charge in [0.2, 0.25) is 5.91 Å². The van der Waals surface area contributed by atoms with Crippen LogP contribution in [0.4, 0.5) is 0 Å². The van der Waals surface area contributed by atoms with Gasteiger partial charge in [0.1, 0.15) is 5.75 Å². The number of nitrogens with zero attached hydrogens (tertiary/aromatic N) is 1. The Balaban J connectivity index is 1.74. The molecule has 0 saturated heterocycles. The largest absolute Gasteiger partial charge is 0.497 e. The van der Waals surface area contributed by atoms with Crippen LogP contribution in [-0.2, 0) is 24.3 Å². The molecule has 1 amide bonds. The van der Waals surface area contributed by atoms with E-state index in [-0.39, 0.29) is 5.91 Å². The molecule has 0 radical (unpaired) electrons. The van der Waals surface area contributed by atoms with E-state index >= 15 is 0 Å². The normalized spacial score (nSPS) is 10.5. The third-order valence-electron chi connectivity index (χ3n) is 3.70. The van der Waals surface area contributed by atoms with Crippen molar-refractivity contribution < 1.29 is 9.53 Å². The molecule has 0 N–H and O–H groups in total. The Hall–Kier alpha value is -2.11. The van der Waals surface area contributed by atoms with Crippen molar-refractivity contribution in [3.05, 3.63) is 74.6 Å². The smallest absolute Gasteiger partial charge is 0.227 e. The van der Waals surface area contributed by atoms with Crippen molar-refractivity contribution in [3.63, 3.8) is 0 Å². The van der Waals surface area contributed by atoms with Crippen molar-refractivity contribution in [2.24, 2.45) is 0 Å². The lowest BCUT2D eigenvalue weighted by Gasteiger charge is -2.22. The second kappa shape index (κ2) is 8.13. The van der Waals surface area contributed by atoms with Gasteiger partial charge in [-0.2, -0.15) is 0 Å². The van der Waals surface area contributed by atoms with Crippen LogP contribution in [0, 0.1) is 0 Å². The van der Waals surface area contributed by atoms with E-state index in [4.69, 9.17) is 4.74 Å². The zero-order chi connectivity index (χ0) is 16.8. The van der Waals surface area contributed by atoms with Gasteiger partial charge in [0.05, 0.1) is 26.6 Å². The van der Waals surface area contributed by atoms with Crippen LogP contribution in [0.25, 0.3) is 0 Å². The first-order chi connectivity index (χ1) is 11.7. The third-order valence-corrected chi connectivity index (χ3v) is 5.42. The van der Waals surface area contributed by atoms with Crippen LogP contribution < -0.4 is 4.74 Å². The fourth-order valence-electron chi connectivity index (χ4n) is 2.48. The first kappa shape index (κ1) is 16.7. The van der Waals surface area contributed by atoms with Gasteiger partial charge < -0.3 is 9.64 Å². The minimum absolute atomic E-state index is 0.130. The Labute approximate surface area is 150 Å². The molecule has 0 saturated carbocycles. The van der Waals surface area contributed by atoms with Gasteiger partial charge in [-0.3, -0.25) is 4.79 Å². The van der Waals surface area contributed by atoms with Gasteiger partial charge in [0, 0.05) is 9.75 Å². The van der Waals surface area contributed by atoms with E-state index in [0.717, 1.165) is 11.3 Å². The van der Waals surface area contributed by atoms with Gasteiger partial charge in [-0.05, 0) is 40.6 Å². The maximum atomic E-state index is 12.9. The second-order valence-electron chi connectivity index (χ2n) is 5.44. The number of amides is 1. The summed E-state index contributed by atoms with van der Waals surface area (Å²) in [7, 11) is 1.64. The van der Waals surface area contributed by atoms with Crippen LogP contribution in [0.3, 0.4) is 0 Å². The maximum absolute atomic E-state index is 12.9. The van der Waals surface area contributed by atoms with Gasteiger partial charge in [0.25, 0.3) is 0 Å². The Bertz CT molecular complexity index is 730. The molecule has 1 aromatic carbocycles. The third kappa shape index (κ3) is 4.46. The molecule has 0 spiro atoms. The number of thiophene rings is 2. The highest BCUT2D eigenvalue weighted by Crippen LogP contribution is 2.19. The molecule has 2 heterocycles. The van der Waals surface area contributed by atoms with Gasteiger partial charge in [-0.15, -0.1) is 22.7 Å². The van der Waals surface area contributed by atoms with Crippen molar-refractivity contribution in [1.29, 1.82) is 0 Å². The predicted octanol–water partition coefficient (Wildman–Crippen LogP) is 4.59. The molecule has 0 unspecified atom stereocenters. The summed E-state index contributed by atoms with van der Waals surface area (Å²) < 4.78 is 5.25. The SMILES string of the molecule is COc1cccc(CC(=O)N(Cc2cccs2)Cc2cccs2)c1. The highest BCUT2D eigenvalue weighted by atomic mass is 32.1. The first-order valence-corrected chi connectivity index (χ1v) is 9.46. The molecular weight excluding hydrogens is 338 g/mol. The van der Waals surface area contributed by atoms with Crippen LogP contribution in [-0.4, -0.2) is 17.9 Å². The number of rotatable bonds is 7.